The lowest BCUT2D eigenvalue weighted by Gasteiger charge is -2.30. The van der Waals surface area contributed by atoms with Crippen LogP contribution in [0.4, 0.5) is 0 Å². The number of piperazine rings is 1. The van der Waals surface area contributed by atoms with E-state index in [0.717, 1.165) is 38.8 Å². The van der Waals surface area contributed by atoms with E-state index in [0.29, 0.717) is 19.6 Å². The van der Waals surface area contributed by atoms with E-state index in [4.69, 9.17) is 0 Å². The van der Waals surface area contributed by atoms with Gasteiger partial charge < -0.3 is 10.2 Å². The van der Waals surface area contributed by atoms with E-state index in [1.807, 2.05) is 9.80 Å². The summed E-state index contributed by atoms with van der Waals surface area (Å²) < 4.78 is 0. The topological polar surface area (TPSA) is 52.7 Å². The predicted octanol–water partition coefficient (Wildman–Crippen LogP) is 0.725. The third-order valence-corrected chi connectivity index (χ3v) is 3.59. The molecule has 0 aromatic rings. The van der Waals surface area contributed by atoms with E-state index in [2.05, 4.69) is 18.3 Å². The zero-order valence-corrected chi connectivity index (χ0v) is 11.7. The van der Waals surface area contributed by atoms with Crippen LogP contribution < -0.4 is 5.32 Å². The summed E-state index contributed by atoms with van der Waals surface area (Å²) in [6, 6.07) is 0. The van der Waals surface area contributed by atoms with E-state index in [1.54, 1.807) is 0 Å². The van der Waals surface area contributed by atoms with Crippen molar-refractivity contribution in [2.45, 2.75) is 32.6 Å². The maximum Gasteiger partial charge on any atom is 0.240 e. The van der Waals surface area contributed by atoms with Gasteiger partial charge in [-0.3, -0.25) is 14.5 Å². The fourth-order valence-electron chi connectivity index (χ4n) is 2.65. The van der Waals surface area contributed by atoms with E-state index >= 15 is 0 Å². The minimum atomic E-state index is 0.0150. The second kappa shape index (κ2) is 6.70. The molecule has 1 aliphatic carbocycles. The molecule has 1 aliphatic heterocycles. The Bertz CT molecular complexity index is 379. The molecule has 5 heteroatoms. The largest absolute Gasteiger partial charge is 0.354 e. The zero-order valence-electron chi connectivity index (χ0n) is 11.7. The van der Waals surface area contributed by atoms with Crippen LogP contribution in [-0.2, 0) is 9.59 Å². The molecule has 2 amide bonds. The average Bonchev–Trinajstić information content (AvgIpc) is 2.89. The molecule has 1 saturated heterocycles. The fraction of sp³-hybridized carbons (Fsp3) is 0.714. The summed E-state index contributed by atoms with van der Waals surface area (Å²) in [6.07, 6.45) is 6.37. The second-order valence-corrected chi connectivity index (χ2v) is 5.19. The van der Waals surface area contributed by atoms with Gasteiger partial charge in [-0.15, -0.1) is 0 Å². The van der Waals surface area contributed by atoms with Gasteiger partial charge in [0.15, 0.2) is 0 Å². The van der Waals surface area contributed by atoms with Gasteiger partial charge in [-0.05, 0) is 25.7 Å². The van der Waals surface area contributed by atoms with Crippen molar-refractivity contribution >= 4 is 11.8 Å². The van der Waals surface area contributed by atoms with Crippen LogP contribution in [-0.4, -0.2) is 54.3 Å². The highest BCUT2D eigenvalue weighted by Crippen LogP contribution is 2.22. The summed E-state index contributed by atoms with van der Waals surface area (Å²) in [4.78, 5) is 27.6. The molecule has 1 fully saturated rings. The maximum absolute atomic E-state index is 12.4. The maximum atomic E-state index is 12.4. The molecular formula is C14H23N3O2. The van der Waals surface area contributed by atoms with Crippen molar-refractivity contribution in [3.05, 3.63) is 11.8 Å². The van der Waals surface area contributed by atoms with Crippen LogP contribution in [0, 0.1) is 0 Å². The second-order valence-electron chi connectivity index (χ2n) is 5.19. The quantitative estimate of drug-likeness (QED) is 0.797. The Balaban J connectivity index is 1.93. The Morgan fingerprint density at radius 1 is 1.53 bits per heavy atom. The first-order valence-corrected chi connectivity index (χ1v) is 7.19. The first-order valence-electron chi connectivity index (χ1n) is 7.19. The van der Waals surface area contributed by atoms with Crippen molar-refractivity contribution in [3.8, 4) is 0 Å². The highest BCUT2D eigenvalue weighted by atomic mass is 16.2. The minimum absolute atomic E-state index is 0.0150. The molecule has 106 valence electrons. The van der Waals surface area contributed by atoms with Gasteiger partial charge >= 0.3 is 0 Å². The van der Waals surface area contributed by atoms with Gasteiger partial charge in [0.05, 0.1) is 13.1 Å². The van der Waals surface area contributed by atoms with Gasteiger partial charge in [-0.1, -0.05) is 13.0 Å². The van der Waals surface area contributed by atoms with Gasteiger partial charge in [0, 0.05) is 25.3 Å². The average molecular weight is 265 g/mol. The lowest BCUT2D eigenvalue weighted by molar-refractivity contribution is -0.132. The van der Waals surface area contributed by atoms with Crippen LogP contribution >= 0.6 is 0 Å². The Morgan fingerprint density at radius 3 is 3.00 bits per heavy atom. The van der Waals surface area contributed by atoms with Crippen molar-refractivity contribution in [3.63, 3.8) is 0 Å². The van der Waals surface area contributed by atoms with E-state index < -0.39 is 0 Å². The predicted molar refractivity (Wildman–Crippen MR) is 73.4 cm³/mol. The highest BCUT2D eigenvalue weighted by molar-refractivity contribution is 5.82. The molecule has 0 radical (unpaired) electrons. The van der Waals surface area contributed by atoms with Crippen molar-refractivity contribution in [1.29, 1.82) is 0 Å². The van der Waals surface area contributed by atoms with Crippen LogP contribution in [0.3, 0.4) is 0 Å². The molecule has 2 rings (SSSR count). The van der Waals surface area contributed by atoms with E-state index in [1.165, 1.54) is 5.70 Å². The summed E-state index contributed by atoms with van der Waals surface area (Å²) in [6.45, 7) is 4.96. The van der Waals surface area contributed by atoms with Crippen molar-refractivity contribution in [1.82, 2.24) is 15.1 Å². The number of nitrogens with zero attached hydrogens (tertiary/aromatic N) is 2. The number of nitrogens with one attached hydrogen (secondary N) is 1. The molecule has 0 saturated carbocycles. The summed E-state index contributed by atoms with van der Waals surface area (Å²) in [5.41, 5.74) is 1.17. The first kappa shape index (κ1) is 14.1. The number of carbonyl (C=O) groups is 2. The fourth-order valence-corrected chi connectivity index (χ4v) is 2.65. The van der Waals surface area contributed by atoms with Crippen LogP contribution in [0.25, 0.3) is 0 Å². The summed E-state index contributed by atoms with van der Waals surface area (Å²) in [5.74, 6) is 0.144. The van der Waals surface area contributed by atoms with Crippen LogP contribution in [0.5, 0.6) is 0 Å². The third-order valence-electron chi connectivity index (χ3n) is 3.59. The molecule has 0 aromatic heterocycles. The molecule has 5 nitrogen and oxygen atoms in total. The monoisotopic (exact) mass is 265 g/mol. The molecule has 19 heavy (non-hydrogen) atoms. The van der Waals surface area contributed by atoms with Gasteiger partial charge in [0.2, 0.25) is 11.8 Å². The molecule has 0 spiro atoms. The number of carbonyl (C=O) groups excluding carboxylic acids is 2. The Kier molecular flexibility index (Phi) is 4.96. The molecule has 1 N–H and O–H groups in total. The standard InChI is InChI=1S/C14H23N3O2/c1-2-8-17(12-5-3-4-6-12)14(19)11-16-9-7-15-13(18)10-16/h5H,2-4,6-11H2,1H3,(H,15,18). The van der Waals surface area contributed by atoms with Gasteiger partial charge in [-0.2, -0.15) is 0 Å². The highest BCUT2D eigenvalue weighted by Gasteiger charge is 2.24. The lowest BCUT2D eigenvalue weighted by atomic mass is 10.2. The molecule has 1 heterocycles. The number of amides is 2. The number of hydrogen-bond donors (Lipinski definition) is 1. The van der Waals surface area contributed by atoms with Gasteiger partial charge in [0.1, 0.15) is 0 Å². The first-order chi connectivity index (χ1) is 9.20. The smallest absolute Gasteiger partial charge is 0.240 e. The molecule has 0 unspecified atom stereocenters. The number of hydrogen-bond acceptors (Lipinski definition) is 3. The minimum Gasteiger partial charge on any atom is -0.354 e. The van der Waals surface area contributed by atoms with Crippen LogP contribution in [0.1, 0.15) is 32.6 Å². The molecule has 0 aromatic carbocycles. The molecule has 2 aliphatic rings. The van der Waals surface area contributed by atoms with Crippen molar-refractivity contribution < 1.29 is 9.59 Å². The molecule has 0 bridgehead atoms. The van der Waals surface area contributed by atoms with Crippen molar-refractivity contribution in [2.75, 3.05) is 32.7 Å². The summed E-state index contributed by atoms with van der Waals surface area (Å²) in [7, 11) is 0. The van der Waals surface area contributed by atoms with Crippen LogP contribution in [0.15, 0.2) is 11.8 Å². The number of rotatable bonds is 5. The summed E-state index contributed by atoms with van der Waals surface area (Å²) in [5, 5.41) is 2.78. The molecular weight excluding hydrogens is 242 g/mol. The SMILES string of the molecule is CCCN(C(=O)CN1CCNC(=O)C1)C1=CCCC1. The van der Waals surface area contributed by atoms with E-state index in [9.17, 15) is 9.59 Å². The van der Waals surface area contributed by atoms with E-state index in [-0.39, 0.29) is 11.8 Å². The van der Waals surface area contributed by atoms with Crippen molar-refractivity contribution in [2.24, 2.45) is 0 Å². The Hall–Kier alpha value is -1.36. The normalized spacial score (nSPS) is 20.1. The third kappa shape index (κ3) is 3.80. The summed E-state index contributed by atoms with van der Waals surface area (Å²) >= 11 is 0. The zero-order chi connectivity index (χ0) is 13.7. The van der Waals surface area contributed by atoms with Crippen LogP contribution in [0.2, 0.25) is 0 Å². The Morgan fingerprint density at radius 2 is 2.37 bits per heavy atom. The van der Waals surface area contributed by atoms with Gasteiger partial charge in [-0.25, -0.2) is 0 Å². The lowest BCUT2D eigenvalue weighted by Crippen LogP contribution is -2.51. The van der Waals surface area contributed by atoms with Gasteiger partial charge in [0.25, 0.3) is 0 Å². The Labute approximate surface area is 114 Å². The molecule has 0 atom stereocenters. The number of allylic oxidation sites excluding steroid dienone is 2.